The molecule has 2 aromatic carbocycles. The fourth-order valence-electron chi connectivity index (χ4n) is 2.62. The first-order valence-electron chi connectivity index (χ1n) is 7.01. The van der Waals surface area contributed by atoms with Gasteiger partial charge in [0.15, 0.2) is 0 Å². The Morgan fingerprint density at radius 3 is 2.11 bits per heavy atom. The van der Waals surface area contributed by atoms with Crippen molar-refractivity contribution in [3.63, 3.8) is 0 Å². The van der Waals surface area contributed by atoms with Gasteiger partial charge < -0.3 is 0 Å². The smallest absolute Gasteiger partial charge is 0.123 e. The van der Waals surface area contributed by atoms with Crippen LogP contribution in [0.15, 0.2) is 54.6 Å². The highest BCUT2D eigenvalue weighted by Gasteiger charge is 2.14. The summed E-state index contributed by atoms with van der Waals surface area (Å²) in [5, 5.41) is 0. The van der Waals surface area contributed by atoms with E-state index in [9.17, 15) is 4.39 Å². The molecule has 0 aliphatic heterocycles. The molecule has 0 fully saturated rings. The lowest BCUT2D eigenvalue weighted by molar-refractivity contribution is 0.543. The lowest BCUT2D eigenvalue weighted by Gasteiger charge is -2.20. The van der Waals surface area contributed by atoms with Gasteiger partial charge in [0, 0.05) is 0 Å². The SMILES string of the molecule is CCC(C[C@H](C)c1ccc(F)cc1)c1ccccc1. The summed E-state index contributed by atoms with van der Waals surface area (Å²) in [6.45, 7) is 4.45. The Morgan fingerprint density at radius 2 is 1.53 bits per heavy atom. The van der Waals surface area contributed by atoms with Gasteiger partial charge in [-0.2, -0.15) is 0 Å². The van der Waals surface area contributed by atoms with Crippen LogP contribution in [0.3, 0.4) is 0 Å². The highest BCUT2D eigenvalue weighted by molar-refractivity contribution is 5.23. The van der Waals surface area contributed by atoms with Gasteiger partial charge in [-0.15, -0.1) is 0 Å². The molecule has 1 heteroatoms. The van der Waals surface area contributed by atoms with Crippen LogP contribution in [0.25, 0.3) is 0 Å². The summed E-state index contributed by atoms with van der Waals surface area (Å²) in [6, 6.07) is 17.6. The standard InChI is InChI=1S/C18H21F/c1-3-15(17-7-5-4-6-8-17)13-14(2)16-9-11-18(19)12-10-16/h4-12,14-15H,3,13H2,1-2H3/t14-,15?/m0/s1. The van der Waals surface area contributed by atoms with Gasteiger partial charge in [-0.25, -0.2) is 4.39 Å². The van der Waals surface area contributed by atoms with Gasteiger partial charge in [0.1, 0.15) is 5.82 Å². The van der Waals surface area contributed by atoms with Crippen molar-refractivity contribution < 1.29 is 4.39 Å². The lowest BCUT2D eigenvalue weighted by atomic mass is 9.85. The van der Waals surface area contributed by atoms with Gasteiger partial charge in [0.25, 0.3) is 0 Å². The summed E-state index contributed by atoms with van der Waals surface area (Å²) in [7, 11) is 0. The average Bonchev–Trinajstić information content (AvgIpc) is 2.46. The topological polar surface area (TPSA) is 0 Å². The minimum Gasteiger partial charge on any atom is -0.207 e. The molecule has 0 saturated carbocycles. The highest BCUT2D eigenvalue weighted by atomic mass is 19.1. The van der Waals surface area contributed by atoms with E-state index in [-0.39, 0.29) is 5.82 Å². The predicted molar refractivity (Wildman–Crippen MR) is 78.9 cm³/mol. The maximum absolute atomic E-state index is 12.9. The quantitative estimate of drug-likeness (QED) is 0.661. The normalized spacial score (nSPS) is 14.1. The molecule has 2 atom stereocenters. The molecular weight excluding hydrogens is 235 g/mol. The van der Waals surface area contributed by atoms with Gasteiger partial charge in [0.2, 0.25) is 0 Å². The highest BCUT2D eigenvalue weighted by Crippen LogP contribution is 2.31. The lowest BCUT2D eigenvalue weighted by Crippen LogP contribution is -2.03. The van der Waals surface area contributed by atoms with Crippen molar-refractivity contribution in [2.45, 2.75) is 38.5 Å². The third-order valence-corrected chi connectivity index (χ3v) is 3.84. The van der Waals surface area contributed by atoms with E-state index in [0.717, 1.165) is 12.8 Å². The molecule has 0 aromatic heterocycles. The molecule has 0 spiro atoms. The molecule has 0 aliphatic rings. The first-order chi connectivity index (χ1) is 9.20. The van der Waals surface area contributed by atoms with Crippen LogP contribution >= 0.6 is 0 Å². The van der Waals surface area contributed by atoms with Crippen molar-refractivity contribution in [2.24, 2.45) is 0 Å². The van der Waals surface area contributed by atoms with Crippen molar-refractivity contribution in [3.05, 3.63) is 71.5 Å². The Bertz CT molecular complexity index is 487. The van der Waals surface area contributed by atoms with Crippen LogP contribution in [0.5, 0.6) is 0 Å². The van der Waals surface area contributed by atoms with Crippen LogP contribution in [-0.4, -0.2) is 0 Å². The predicted octanol–water partition coefficient (Wildman–Crippen LogP) is 5.51. The molecule has 19 heavy (non-hydrogen) atoms. The molecule has 0 heterocycles. The molecule has 0 aliphatic carbocycles. The molecule has 0 N–H and O–H groups in total. The van der Waals surface area contributed by atoms with Crippen molar-refractivity contribution in [1.29, 1.82) is 0 Å². The average molecular weight is 256 g/mol. The van der Waals surface area contributed by atoms with Gasteiger partial charge >= 0.3 is 0 Å². The number of halogens is 1. The number of hydrogen-bond donors (Lipinski definition) is 0. The summed E-state index contributed by atoms with van der Waals surface area (Å²) >= 11 is 0. The van der Waals surface area contributed by atoms with Crippen molar-refractivity contribution >= 4 is 0 Å². The van der Waals surface area contributed by atoms with Gasteiger partial charge in [-0.1, -0.05) is 56.3 Å². The number of rotatable bonds is 5. The molecule has 0 saturated heterocycles. The van der Waals surface area contributed by atoms with E-state index in [1.807, 2.05) is 12.1 Å². The Kier molecular flexibility index (Phi) is 4.73. The van der Waals surface area contributed by atoms with Crippen LogP contribution in [0.2, 0.25) is 0 Å². The van der Waals surface area contributed by atoms with E-state index >= 15 is 0 Å². The zero-order valence-electron chi connectivity index (χ0n) is 11.6. The fourth-order valence-corrected chi connectivity index (χ4v) is 2.62. The molecule has 1 unspecified atom stereocenters. The first kappa shape index (κ1) is 13.8. The zero-order chi connectivity index (χ0) is 13.7. The summed E-state index contributed by atoms with van der Waals surface area (Å²) < 4.78 is 12.9. The van der Waals surface area contributed by atoms with Gasteiger partial charge in [-0.05, 0) is 47.9 Å². The number of hydrogen-bond acceptors (Lipinski definition) is 0. The monoisotopic (exact) mass is 256 g/mol. The van der Waals surface area contributed by atoms with Crippen molar-refractivity contribution in [3.8, 4) is 0 Å². The molecule has 100 valence electrons. The summed E-state index contributed by atoms with van der Waals surface area (Å²) in [5.41, 5.74) is 2.62. The van der Waals surface area contributed by atoms with E-state index < -0.39 is 0 Å². The molecule has 0 amide bonds. The van der Waals surface area contributed by atoms with Crippen LogP contribution in [-0.2, 0) is 0 Å². The Balaban J connectivity index is 2.08. The molecule has 2 aromatic rings. The van der Waals surface area contributed by atoms with E-state index in [1.165, 1.54) is 11.1 Å². The Labute approximate surface area is 115 Å². The van der Waals surface area contributed by atoms with E-state index in [2.05, 4.69) is 44.2 Å². The third-order valence-electron chi connectivity index (χ3n) is 3.84. The van der Waals surface area contributed by atoms with Crippen LogP contribution in [0.4, 0.5) is 4.39 Å². The maximum atomic E-state index is 12.9. The summed E-state index contributed by atoms with van der Waals surface area (Å²) in [4.78, 5) is 0. The fraction of sp³-hybridized carbons (Fsp3) is 0.333. The van der Waals surface area contributed by atoms with E-state index in [1.54, 1.807) is 12.1 Å². The second-order valence-electron chi connectivity index (χ2n) is 5.20. The minimum atomic E-state index is -0.161. The van der Waals surface area contributed by atoms with Gasteiger partial charge in [-0.3, -0.25) is 0 Å². The number of benzene rings is 2. The third kappa shape index (κ3) is 3.66. The van der Waals surface area contributed by atoms with Crippen molar-refractivity contribution in [1.82, 2.24) is 0 Å². The zero-order valence-corrected chi connectivity index (χ0v) is 11.6. The Morgan fingerprint density at radius 1 is 0.895 bits per heavy atom. The maximum Gasteiger partial charge on any atom is 0.123 e. The van der Waals surface area contributed by atoms with E-state index in [0.29, 0.717) is 11.8 Å². The second kappa shape index (κ2) is 6.51. The first-order valence-corrected chi connectivity index (χ1v) is 7.01. The van der Waals surface area contributed by atoms with Crippen LogP contribution in [0.1, 0.15) is 49.7 Å². The second-order valence-corrected chi connectivity index (χ2v) is 5.20. The molecular formula is C18H21F. The largest absolute Gasteiger partial charge is 0.207 e. The molecule has 0 bridgehead atoms. The van der Waals surface area contributed by atoms with Gasteiger partial charge in [0.05, 0.1) is 0 Å². The summed E-state index contributed by atoms with van der Waals surface area (Å²) in [5.74, 6) is 0.859. The van der Waals surface area contributed by atoms with Crippen LogP contribution < -0.4 is 0 Å². The van der Waals surface area contributed by atoms with Crippen molar-refractivity contribution in [2.75, 3.05) is 0 Å². The molecule has 2 rings (SSSR count). The summed E-state index contributed by atoms with van der Waals surface area (Å²) in [6.07, 6.45) is 2.24. The van der Waals surface area contributed by atoms with Crippen LogP contribution in [0, 0.1) is 5.82 Å². The molecule has 0 radical (unpaired) electrons. The van der Waals surface area contributed by atoms with E-state index in [4.69, 9.17) is 0 Å². The minimum absolute atomic E-state index is 0.161. The molecule has 0 nitrogen and oxygen atoms in total. The Hall–Kier alpha value is -1.63.